The lowest BCUT2D eigenvalue weighted by Crippen LogP contribution is -2.54. The number of aryl methyl sites for hydroxylation is 1. The first kappa shape index (κ1) is 34.8. The summed E-state index contributed by atoms with van der Waals surface area (Å²) in [6.45, 7) is 2.13. The number of aldehydes is 1. The van der Waals surface area contributed by atoms with Gasteiger partial charge in [0.05, 0.1) is 12.1 Å². The summed E-state index contributed by atoms with van der Waals surface area (Å²) in [7, 11) is 7.52. The van der Waals surface area contributed by atoms with E-state index in [1.807, 2.05) is 0 Å². The molecule has 1 aliphatic carbocycles. The standard InChI is InChI=1S/C26H32FN5O6.C4H7NO2/c1-15-11-16(5-6-17(15)27)12-28-20(34)18-19(33)22(36)32-13-25(14-38-4)7-9-26(10-8-25,24(32)29-18)30-21(35)23(37)31(2)3;1-5(2)4(7)3-6/h5-6,11,33H,7-10,12-14H2,1-4H3,(H,28,34)(H,30,35);3H,1-2H3. The Morgan fingerprint density at radius 1 is 1.11 bits per heavy atom. The molecule has 0 spiro atoms. The summed E-state index contributed by atoms with van der Waals surface area (Å²) in [5, 5.41) is 16.1. The Hall–Kier alpha value is -4.66. The number of ether oxygens (including phenoxy) is 1. The van der Waals surface area contributed by atoms with Crippen molar-refractivity contribution in [3.63, 3.8) is 0 Å². The summed E-state index contributed by atoms with van der Waals surface area (Å²) in [5.74, 6) is -4.01. The van der Waals surface area contributed by atoms with Gasteiger partial charge in [-0.2, -0.15) is 0 Å². The zero-order chi connectivity index (χ0) is 33.7. The number of aromatic nitrogens is 2. The van der Waals surface area contributed by atoms with Crippen LogP contribution >= 0.6 is 0 Å². The monoisotopic (exact) mass is 630 g/mol. The summed E-state index contributed by atoms with van der Waals surface area (Å²) in [6, 6.07) is 4.38. The molecule has 14 nitrogen and oxygen atoms in total. The number of nitrogens with zero attached hydrogens (tertiary/aromatic N) is 4. The van der Waals surface area contributed by atoms with Gasteiger partial charge in [-0.3, -0.25) is 33.3 Å². The number of carbonyl (C=O) groups is 5. The molecule has 5 rings (SSSR count). The first-order chi connectivity index (χ1) is 21.1. The SMILES string of the molecule is CN(C)C(=O)C=O.COCC12CCC(NC(=O)C(=O)N(C)C)(CC1)c1nc(C(=O)NCc3ccc(F)c(C)c3)c(O)c(=O)n1C2. The van der Waals surface area contributed by atoms with Gasteiger partial charge in [-0.05, 0) is 49.8 Å². The van der Waals surface area contributed by atoms with E-state index in [1.165, 1.54) is 49.8 Å². The van der Waals surface area contributed by atoms with Crippen molar-refractivity contribution in [3.8, 4) is 5.75 Å². The highest BCUT2D eigenvalue weighted by molar-refractivity contribution is 6.35. The molecule has 0 saturated heterocycles. The number of halogens is 1. The molecule has 45 heavy (non-hydrogen) atoms. The quantitative estimate of drug-likeness (QED) is 0.285. The van der Waals surface area contributed by atoms with E-state index < -0.39 is 51.6 Å². The van der Waals surface area contributed by atoms with Crippen LogP contribution in [0.15, 0.2) is 23.0 Å². The molecular formula is C30H39FN6O8. The van der Waals surface area contributed by atoms with Gasteiger partial charge in [0.15, 0.2) is 5.69 Å². The maximum Gasteiger partial charge on any atom is 0.311 e. The Morgan fingerprint density at radius 3 is 2.27 bits per heavy atom. The van der Waals surface area contributed by atoms with Gasteiger partial charge < -0.3 is 30.3 Å². The number of hydrogen-bond acceptors (Lipinski definition) is 9. The minimum absolute atomic E-state index is 0.00958. The molecule has 2 aliphatic heterocycles. The predicted octanol–water partition coefficient (Wildman–Crippen LogP) is 0.220. The van der Waals surface area contributed by atoms with Crippen molar-refractivity contribution in [2.24, 2.45) is 5.41 Å². The molecule has 3 N–H and O–H groups in total. The smallest absolute Gasteiger partial charge is 0.311 e. The Balaban J connectivity index is 0.000000707. The van der Waals surface area contributed by atoms with Gasteiger partial charge in [0.1, 0.15) is 11.6 Å². The molecule has 15 heteroatoms. The Morgan fingerprint density at radius 2 is 1.76 bits per heavy atom. The number of benzene rings is 1. The van der Waals surface area contributed by atoms with Crippen molar-refractivity contribution in [2.45, 2.75) is 51.2 Å². The van der Waals surface area contributed by atoms with Gasteiger partial charge in [0.2, 0.25) is 12.0 Å². The van der Waals surface area contributed by atoms with Crippen LogP contribution in [-0.4, -0.2) is 96.3 Å². The van der Waals surface area contributed by atoms with Crippen LogP contribution in [0.25, 0.3) is 0 Å². The number of amides is 4. The van der Waals surface area contributed by atoms with Crippen LogP contribution in [0.4, 0.5) is 4.39 Å². The lowest BCUT2D eigenvalue weighted by Gasteiger charge is -2.41. The largest absolute Gasteiger partial charge is 0.501 e. The van der Waals surface area contributed by atoms with Crippen molar-refractivity contribution in [1.29, 1.82) is 0 Å². The van der Waals surface area contributed by atoms with Crippen LogP contribution < -0.4 is 16.2 Å². The second-order valence-electron chi connectivity index (χ2n) is 11.8. The summed E-state index contributed by atoms with van der Waals surface area (Å²) < 4.78 is 20.3. The fourth-order valence-electron chi connectivity index (χ4n) is 5.48. The molecule has 4 amide bonds. The minimum atomic E-state index is -1.20. The Bertz CT molecular complexity index is 1550. The molecular weight excluding hydrogens is 591 g/mol. The number of nitrogens with one attached hydrogen (secondary N) is 2. The second kappa shape index (κ2) is 14.0. The fourth-order valence-corrected chi connectivity index (χ4v) is 5.48. The molecule has 0 unspecified atom stereocenters. The van der Waals surface area contributed by atoms with Crippen molar-refractivity contribution >= 4 is 29.9 Å². The first-order valence-electron chi connectivity index (χ1n) is 14.2. The third-order valence-electron chi connectivity index (χ3n) is 8.07. The third kappa shape index (κ3) is 7.53. The molecule has 0 atom stereocenters. The summed E-state index contributed by atoms with van der Waals surface area (Å²) in [4.78, 5) is 78.2. The van der Waals surface area contributed by atoms with Crippen molar-refractivity contribution in [2.75, 3.05) is 41.9 Å². The highest BCUT2D eigenvalue weighted by Crippen LogP contribution is 2.49. The molecule has 1 fully saturated rings. The van der Waals surface area contributed by atoms with E-state index in [-0.39, 0.29) is 31.0 Å². The van der Waals surface area contributed by atoms with Gasteiger partial charge in [-0.25, -0.2) is 9.37 Å². The number of rotatable bonds is 7. The molecule has 3 heterocycles. The van der Waals surface area contributed by atoms with E-state index in [9.17, 15) is 38.3 Å². The van der Waals surface area contributed by atoms with E-state index in [2.05, 4.69) is 15.6 Å². The summed E-state index contributed by atoms with van der Waals surface area (Å²) >= 11 is 0. The van der Waals surface area contributed by atoms with Gasteiger partial charge in [-0.15, -0.1) is 0 Å². The van der Waals surface area contributed by atoms with Gasteiger partial charge in [0.25, 0.3) is 17.4 Å². The molecule has 2 bridgehead atoms. The van der Waals surface area contributed by atoms with Crippen LogP contribution in [0.3, 0.4) is 0 Å². The van der Waals surface area contributed by atoms with Crippen molar-refractivity contribution in [3.05, 3.63) is 57.0 Å². The first-order valence-corrected chi connectivity index (χ1v) is 14.2. The number of aromatic hydroxyl groups is 1. The van der Waals surface area contributed by atoms with Crippen molar-refractivity contribution < 1.29 is 38.2 Å². The number of fused-ring (bicyclic) bond motifs is 2. The van der Waals surface area contributed by atoms with E-state index in [0.717, 1.165) is 4.90 Å². The normalized spacial score (nSPS) is 19.6. The van der Waals surface area contributed by atoms with Crippen LogP contribution in [-0.2, 0) is 42.5 Å². The predicted molar refractivity (Wildman–Crippen MR) is 159 cm³/mol. The maximum atomic E-state index is 13.6. The Kier molecular flexibility index (Phi) is 10.8. The zero-order valence-corrected chi connectivity index (χ0v) is 26.2. The number of likely N-dealkylation sites (N-methyl/N-ethyl adjacent to an activating group) is 2. The van der Waals surface area contributed by atoms with E-state index in [4.69, 9.17) is 4.74 Å². The summed E-state index contributed by atoms with van der Waals surface area (Å²) in [5.41, 5.74) is -1.92. The fraction of sp³-hybridized carbons (Fsp3) is 0.500. The van der Waals surface area contributed by atoms with E-state index >= 15 is 0 Å². The molecule has 3 aliphatic rings. The highest BCUT2D eigenvalue weighted by Gasteiger charge is 2.52. The minimum Gasteiger partial charge on any atom is -0.501 e. The topological polar surface area (TPSA) is 180 Å². The Labute approximate surface area is 259 Å². The number of hydrogen-bond donors (Lipinski definition) is 3. The average molecular weight is 631 g/mol. The van der Waals surface area contributed by atoms with Crippen LogP contribution in [0.1, 0.15) is 53.1 Å². The number of carbonyl (C=O) groups excluding carboxylic acids is 5. The molecule has 1 aromatic carbocycles. The molecule has 244 valence electrons. The average Bonchev–Trinajstić information content (AvgIpc) is 3.21. The lowest BCUT2D eigenvalue weighted by molar-refractivity contribution is -0.145. The van der Waals surface area contributed by atoms with Crippen molar-refractivity contribution in [1.82, 2.24) is 30.0 Å². The van der Waals surface area contributed by atoms with Gasteiger partial charge in [0, 0.05) is 53.8 Å². The molecule has 2 aromatic rings. The van der Waals surface area contributed by atoms with Crippen LogP contribution in [0, 0.1) is 18.2 Å². The lowest BCUT2D eigenvalue weighted by atomic mass is 9.68. The zero-order valence-electron chi connectivity index (χ0n) is 26.2. The van der Waals surface area contributed by atoms with Gasteiger partial charge in [-0.1, -0.05) is 12.1 Å². The highest BCUT2D eigenvalue weighted by atomic mass is 19.1. The molecule has 0 radical (unpaired) electrons. The maximum absolute atomic E-state index is 13.6. The molecule has 1 aromatic heterocycles. The van der Waals surface area contributed by atoms with Gasteiger partial charge >= 0.3 is 11.8 Å². The third-order valence-corrected chi connectivity index (χ3v) is 8.07. The molecule has 1 saturated carbocycles. The second-order valence-corrected chi connectivity index (χ2v) is 11.8. The van der Waals surface area contributed by atoms with Crippen LogP contribution in [0.5, 0.6) is 5.75 Å². The number of methoxy groups -OCH3 is 1. The summed E-state index contributed by atoms with van der Waals surface area (Å²) in [6.07, 6.45) is 2.12. The van der Waals surface area contributed by atoms with E-state index in [0.29, 0.717) is 43.4 Å². The van der Waals surface area contributed by atoms with E-state index in [1.54, 1.807) is 20.1 Å². The van der Waals surface area contributed by atoms with Crippen LogP contribution in [0.2, 0.25) is 0 Å².